The Labute approximate surface area is 84.8 Å². The van der Waals surface area contributed by atoms with E-state index in [0.717, 1.165) is 5.56 Å². The van der Waals surface area contributed by atoms with E-state index >= 15 is 0 Å². The highest BCUT2D eigenvalue weighted by atomic mass is 35.5. The molecule has 13 heavy (non-hydrogen) atoms. The molecule has 0 spiro atoms. The topological polar surface area (TPSA) is 29.1 Å². The first-order valence-electron chi connectivity index (χ1n) is 4.02. The molecule has 0 aliphatic carbocycles. The molecule has 0 heterocycles. The van der Waals surface area contributed by atoms with E-state index in [4.69, 9.17) is 0 Å². The van der Waals surface area contributed by atoms with E-state index in [2.05, 4.69) is 5.32 Å². The number of nitrogens with one attached hydrogen (secondary N) is 1. The Kier molecular flexibility index (Phi) is 5.35. The average Bonchev–Trinajstić information content (AvgIpc) is 2.17. The van der Waals surface area contributed by atoms with E-state index in [1.807, 2.05) is 37.3 Å². The largest absolute Gasteiger partial charge is 0.310 e. The van der Waals surface area contributed by atoms with Gasteiger partial charge in [0, 0.05) is 5.56 Å². The Morgan fingerprint density at radius 3 is 2.31 bits per heavy atom. The zero-order valence-corrected chi connectivity index (χ0v) is 8.60. The first-order valence-corrected chi connectivity index (χ1v) is 4.02. The Balaban J connectivity index is 0.00000144. The Morgan fingerprint density at radius 1 is 1.31 bits per heavy atom. The fourth-order valence-corrected chi connectivity index (χ4v) is 0.984. The van der Waals surface area contributed by atoms with E-state index in [-0.39, 0.29) is 24.2 Å². The molecular formula is C10H14ClNO. The van der Waals surface area contributed by atoms with Crippen molar-refractivity contribution in [2.24, 2.45) is 0 Å². The van der Waals surface area contributed by atoms with Gasteiger partial charge in [0.25, 0.3) is 0 Å². The molecule has 1 unspecified atom stereocenters. The van der Waals surface area contributed by atoms with Gasteiger partial charge in [-0.3, -0.25) is 4.79 Å². The van der Waals surface area contributed by atoms with Gasteiger partial charge in [0.05, 0.1) is 6.04 Å². The molecule has 72 valence electrons. The third-order valence-electron chi connectivity index (χ3n) is 1.88. The summed E-state index contributed by atoms with van der Waals surface area (Å²) in [7, 11) is 1.78. The van der Waals surface area contributed by atoms with Crippen LogP contribution in [0.25, 0.3) is 0 Å². The molecule has 1 rings (SSSR count). The van der Waals surface area contributed by atoms with Crippen LogP contribution in [-0.2, 0) is 0 Å². The lowest BCUT2D eigenvalue weighted by molar-refractivity contribution is 0.0955. The summed E-state index contributed by atoms with van der Waals surface area (Å²) in [5.41, 5.74) is 0.763. The van der Waals surface area contributed by atoms with Crippen LogP contribution < -0.4 is 5.32 Å². The number of benzene rings is 1. The quantitative estimate of drug-likeness (QED) is 0.754. The Morgan fingerprint density at radius 2 is 1.85 bits per heavy atom. The van der Waals surface area contributed by atoms with Crippen molar-refractivity contribution in [3.05, 3.63) is 35.9 Å². The van der Waals surface area contributed by atoms with Crippen LogP contribution in [0.1, 0.15) is 17.3 Å². The van der Waals surface area contributed by atoms with Gasteiger partial charge in [-0.25, -0.2) is 0 Å². The maximum Gasteiger partial charge on any atom is 0.179 e. The summed E-state index contributed by atoms with van der Waals surface area (Å²) in [4.78, 5) is 11.5. The fraction of sp³-hybridized carbons (Fsp3) is 0.300. The van der Waals surface area contributed by atoms with Gasteiger partial charge in [0.1, 0.15) is 0 Å². The molecule has 0 bridgehead atoms. The molecule has 1 atom stereocenters. The maximum absolute atomic E-state index is 11.5. The van der Waals surface area contributed by atoms with E-state index in [0.29, 0.717) is 0 Å². The SMILES string of the molecule is CNC(C)C(=O)c1ccccc1.Cl. The number of hydrogen-bond donors (Lipinski definition) is 1. The molecule has 0 aliphatic rings. The standard InChI is InChI=1S/C10H13NO.ClH/c1-8(11-2)10(12)9-6-4-3-5-7-9;/h3-8,11H,1-2H3;1H. The van der Waals surface area contributed by atoms with Crippen LogP contribution in [0.2, 0.25) is 0 Å². The number of carbonyl (C=O) groups is 1. The van der Waals surface area contributed by atoms with Crippen LogP contribution in [0.15, 0.2) is 30.3 Å². The number of likely N-dealkylation sites (N-methyl/N-ethyl adjacent to an activating group) is 1. The summed E-state index contributed by atoms with van der Waals surface area (Å²) in [5, 5.41) is 2.91. The van der Waals surface area contributed by atoms with Crippen molar-refractivity contribution >= 4 is 18.2 Å². The summed E-state index contributed by atoms with van der Waals surface area (Å²) in [5.74, 6) is 0.137. The zero-order valence-electron chi connectivity index (χ0n) is 7.78. The molecule has 0 radical (unpaired) electrons. The van der Waals surface area contributed by atoms with Crippen molar-refractivity contribution in [2.45, 2.75) is 13.0 Å². The minimum atomic E-state index is -0.104. The molecule has 1 aromatic rings. The van der Waals surface area contributed by atoms with Crippen LogP contribution >= 0.6 is 12.4 Å². The smallest absolute Gasteiger partial charge is 0.179 e. The van der Waals surface area contributed by atoms with Crippen LogP contribution in [-0.4, -0.2) is 18.9 Å². The second-order valence-corrected chi connectivity index (χ2v) is 2.74. The number of Topliss-reactive ketones (excluding diaryl/α,β-unsaturated/α-hetero) is 1. The van der Waals surface area contributed by atoms with Crippen molar-refractivity contribution in [3.8, 4) is 0 Å². The van der Waals surface area contributed by atoms with Crippen LogP contribution in [0.3, 0.4) is 0 Å². The van der Waals surface area contributed by atoms with Crippen LogP contribution in [0, 0.1) is 0 Å². The van der Waals surface area contributed by atoms with E-state index < -0.39 is 0 Å². The van der Waals surface area contributed by atoms with Gasteiger partial charge in [-0.2, -0.15) is 0 Å². The average molecular weight is 200 g/mol. The highest BCUT2D eigenvalue weighted by Crippen LogP contribution is 2.02. The molecular weight excluding hydrogens is 186 g/mol. The molecule has 0 fully saturated rings. The lowest BCUT2D eigenvalue weighted by Crippen LogP contribution is -2.30. The summed E-state index contributed by atoms with van der Waals surface area (Å²) >= 11 is 0. The van der Waals surface area contributed by atoms with Crippen molar-refractivity contribution < 1.29 is 4.79 Å². The zero-order chi connectivity index (χ0) is 8.97. The van der Waals surface area contributed by atoms with Crippen molar-refractivity contribution in [3.63, 3.8) is 0 Å². The van der Waals surface area contributed by atoms with Crippen LogP contribution in [0.5, 0.6) is 0 Å². The van der Waals surface area contributed by atoms with E-state index in [9.17, 15) is 4.79 Å². The summed E-state index contributed by atoms with van der Waals surface area (Å²) in [6.07, 6.45) is 0. The van der Waals surface area contributed by atoms with Gasteiger partial charge in [-0.15, -0.1) is 12.4 Å². The Hall–Kier alpha value is -0.860. The maximum atomic E-state index is 11.5. The summed E-state index contributed by atoms with van der Waals surface area (Å²) < 4.78 is 0. The van der Waals surface area contributed by atoms with E-state index in [1.54, 1.807) is 7.05 Å². The lowest BCUT2D eigenvalue weighted by Gasteiger charge is -2.07. The summed E-state index contributed by atoms with van der Waals surface area (Å²) in [6, 6.07) is 9.20. The molecule has 0 saturated heterocycles. The molecule has 3 heteroatoms. The summed E-state index contributed by atoms with van der Waals surface area (Å²) in [6.45, 7) is 1.86. The monoisotopic (exact) mass is 199 g/mol. The second kappa shape index (κ2) is 5.73. The molecule has 0 aromatic heterocycles. The second-order valence-electron chi connectivity index (χ2n) is 2.74. The highest BCUT2D eigenvalue weighted by molar-refractivity contribution is 5.99. The van der Waals surface area contributed by atoms with Crippen LogP contribution in [0.4, 0.5) is 0 Å². The minimum Gasteiger partial charge on any atom is -0.310 e. The van der Waals surface area contributed by atoms with E-state index in [1.165, 1.54) is 0 Å². The molecule has 0 amide bonds. The van der Waals surface area contributed by atoms with Gasteiger partial charge in [-0.05, 0) is 14.0 Å². The minimum absolute atomic E-state index is 0. The number of carbonyl (C=O) groups excluding carboxylic acids is 1. The van der Waals surface area contributed by atoms with Gasteiger partial charge >= 0.3 is 0 Å². The van der Waals surface area contributed by atoms with Crippen molar-refractivity contribution in [1.29, 1.82) is 0 Å². The number of halogens is 1. The highest BCUT2D eigenvalue weighted by Gasteiger charge is 2.11. The normalized spacial score (nSPS) is 11.5. The lowest BCUT2D eigenvalue weighted by atomic mass is 10.1. The predicted octanol–water partition coefficient (Wildman–Crippen LogP) is 1.90. The number of hydrogen-bond acceptors (Lipinski definition) is 2. The number of rotatable bonds is 3. The molecule has 1 N–H and O–H groups in total. The number of ketones is 1. The van der Waals surface area contributed by atoms with Crippen molar-refractivity contribution in [1.82, 2.24) is 5.32 Å². The van der Waals surface area contributed by atoms with Gasteiger partial charge < -0.3 is 5.32 Å². The third kappa shape index (κ3) is 3.17. The van der Waals surface area contributed by atoms with Gasteiger partial charge in [-0.1, -0.05) is 30.3 Å². The van der Waals surface area contributed by atoms with Gasteiger partial charge in [0.15, 0.2) is 5.78 Å². The molecule has 2 nitrogen and oxygen atoms in total. The first-order chi connectivity index (χ1) is 5.75. The predicted molar refractivity (Wildman–Crippen MR) is 56.5 cm³/mol. The fourth-order valence-electron chi connectivity index (χ4n) is 0.984. The molecule has 0 aliphatic heterocycles. The molecule has 1 aromatic carbocycles. The van der Waals surface area contributed by atoms with Crippen molar-refractivity contribution in [2.75, 3.05) is 7.05 Å². The first kappa shape index (κ1) is 12.1. The third-order valence-corrected chi connectivity index (χ3v) is 1.88. The molecule has 0 saturated carbocycles. The van der Waals surface area contributed by atoms with Gasteiger partial charge in [0.2, 0.25) is 0 Å². The Bertz CT molecular complexity index is 261.